The topological polar surface area (TPSA) is 332 Å². The molecule has 120 heavy (non-hydrogen) atoms. The van der Waals surface area contributed by atoms with Crippen LogP contribution in [0.25, 0.3) is 0 Å². The van der Waals surface area contributed by atoms with E-state index in [-0.39, 0.29) is 75.4 Å². The summed E-state index contributed by atoms with van der Waals surface area (Å²) in [7, 11) is 0. The molecule has 6 aromatic rings. The number of alkyl carbamates (subject to hydrolysis) is 1. The fraction of sp³-hybridized carbons (Fsp3) is 0.495. The second-order valence-corrected chi connectivity index (χ2v) is 35.4. The summed E-state index contributed by atoms with van der Waals surface area (Å²) < 4.78 is 33.1. The van der Waals surface area contributed by atoms with E-state index < -0.39 is 148 Å². The van der Waals surface area contributed by atoms with Crippen LogP contribution in [-0.2, 0) is 95.8 Å². The maximum absolute atomic E-state index is 15.4. The summed E-state index contributed by atoms with van der Waals surface area (Å²) >= 11 is 1.38. The van der Waals surface area contributed by atoms with Gasteiger partial charge in [-0.3, -0.25) is 38.4 Å². The van der Waals surface area contributed by atoms with Crippen LogP contribution in [0.15, 0.2) is 176 Å². The van der Waals surface area contributed by atoms with E-state index in [0.29, 0.717) is 55.7 Å². The predicted molar refractivity (Wildman–Crippen MR) is 463 cm³/mol. The van der Waals surface area contributed by atoms with Crippen molar-refractivity contribution < 1.29 is 86.0 Å². The van der Waals surface area contributed by atoms with Crippen molar-refractivity contribution >= 4 is 82.8 Å². The molecule has 650 valence electrons. The Hall–Kier alpha value is -10.7. The van der Waals surface area contributed by atoms with E-state index in [1.807, 2.05) is 134 Å². The van der Waals surface area contributed by atoms with Gasteiger partial charge in [0.2, 0.25) is 17.7 Å². The van der Waals surface area contributed by atoms with E-state index in [9.17, 15) is 43.2 Å². The quantitative estimate of drug-likeness (QED) is 0.00894. The van der Waals surface area contributed by atoms with Crippen LogP contribution in [0.4, 0.5) is 9.59 Å². The molecule has 25 heteroatoms. The number of rotatable bonds is 48. The first-order valence-corrected chi connectivity index (χ1v) is 42.7. The Bertz CT molecular complexity index is 4160. The molecule has 0 aliphatic rings. The molecular weight excluding hydrogens is 1550 g/mol. The van der Waals surface area contributed by atoms with Crippen LogP contribution in [-0.4, -0.2) is 143 Å². The first-order chi connectivity index (χ1) is 56.8. The minimum Gasteiger partial charge on any atom is -0.494 e. The van der Waals surface area contributed by atoms with E-state index >= 15 is 14.4 Å². The normalized spacial score (nSPS) is 13.5. The highest BCUT2D eigenvalue weighted by Gasteiger charge is 2.41. The summed E-state index contributed by atoms with van der Waals surface area (Å²) in [5, 5.41) is 16.8. The number of esters is 4. The summed E-state index contributed by atoms with van der Waals surface area (Å²) in [6.07, 6.45) is 0.614. The third-order valence-corrected chi connectivity index (χ3v) is 20.6. The molecule has 0 aliphatic heterocycles. The van der Waals surface area contributed by atoms with Crippen molar-refractivity contribution in [2.75, 3.05) is 18.9 Å². The largest absolute Gasteiger partial charge is 0.494 e. The Balaban J connectivity index is 1.16. The summed E-state index contributed by atoms with van der Waals surface area (Å²) in [6.45, 7) is 24.4. The van der Waals surface area contributed by atoms with Crippen LogP contribution in [0.1, 0.15) is 227 Å². The highest BCUT2D eigenvalue weighted by atomic mass is 32.2. The standard InChI is InChI=1S/C95H126N6O18S/c1-15-114-75-50-48-68(49-51-75)63-115-87(110)79(64-120-95(71-40-28-21-29-41-71,72-42-30-22-31-43-72)73-44-32-23-33-45-73)99-86(109)70(62-84(107)117-92(6,7)8)61-81(104)76(101-90(113)119-94(12,13)14)52-54-80(103)78(59-67-38-26-20-27-39-67)98-85(108)69(58-66-36-24-19-25-37-66)60-74(102)46-34-17-16-18-35-57-96-82(105)55-53-77(88(111)118-93(9,10)11)100-89(112)97-65(2)47-56-83(106)116-91(3,4)5/h19-33,36-45,48-51,65,69-70,76-79H,15-18,34-35,46-47,52-64H2,1-14H3,(H,96,105)(H,98,108)(H,99,109)(H,101,113)(H2,97,100,112)/t65-,69-,70+,76+,77+,78+,79+/m1/s1. The number of carbonyl (C=O) groups is 12. The summed E-state index contributed by atoms with van der Waals surface area (Å²) in [6, 6.07) is 48.0. The number of ketones is 3. The molecule has 0 aliphatic carbocycles. The number of hydrogen-bond donors (Lipinski definition) is 6. The monoisotopic (exact) mass is 1670 g/mol. The van der Waals surface area contributed by atoms with E-state index in [2.05, 4.69) is 31.9 Å². The zero-order valence-corrected chi connectivity index (χ0v) is 73.2. The number of amides is 6. The second-order valence-electron chi connectivity index (χ2n) is 34.2. The number of ether oxygens (including phenoxy) is 6. The Morgan fingerprint density at radius 3 is 1.43 bits per heavy atom. The predicted octanol–water partition coefficient (Wildman–Crippen LogP) is 15.2. The van der Waals surface area contributed by atoms with Gasteiger partial charge in [0.25, 0.3) is 0 Å². The van der Waals surface area contributed by atoms with Crippen molar-refractivity contribution in [2.45, 2.75) is 270 Å². The van der Waals surface area contributed by atoms with Gasteiger partial charge in [-0.1, -0.05) is 183 Å². The lowest BCUT2D eigenvalue weighted by Crippen LogP contribution is -2.50. The second kappa shape index (κ2) is 48.5. The molecule has 0 aromatic heterocycles. The Morgan fingerprint density at radius 1 is 0.400 bits per heavy atom. The zero-order valence-electron chi connectivity index (χ0n) is 72.4. The fourth-order valence-electron chi connectivity index (χ4n) is 13.3. The third-order valence-electron chi connectivity index (χ3n) is 19.0. The van der Waals surface area contributed by atoms with Gasteiger partial charge in [-0.2, -0.15) is 0 Å². The maximum atomic E-state index is 15.4. The van der Waals surface area contributed by atoms with Gasteiger partial charge in [-0.15, -0.1) is 11.8 Å². The van der Waals surface area contributed by atoms with Crippen LogP contribution < -0.4 is 36.6 Å². The first-order valence-electron chi connectivity index (χ1n) is 41.7. The smallest absolute Gasteiger partial charge is 0.408 e. The van der Waals surface area contributed by atoms with Crippen molar-refractivity contribution in [1.82, 2.24) is 31.9 Å². The molecule has 6 amide bonds. The van der Waals surface area contributed by atoms with Crippen LogP contribution in [0.2, 0.25) is 0 Å². The van der Waals surface area contributed by atoms with Gasteiger partial charge in [0, 0.05) is 62.8 Å². The number of urea groups is 1. The molecule has 0 bridgehead atoms. The molecule has 24 nitrogen and oxygen atoms in total. The number of Topliss-reactive ketones (excluding diaryl/α,β-unsaturated/α-hetero) is 3. The van der Waals surface area contributed by atoms with Gasteiger partial charge in [0.1, 0.15) is 52.6 Å². The van der Waals surface area contributed by atoms with Gasteiger partial charge in [0.05, 0.1) is 35.8 Å². The van der Waals surface area contributed by atoms with Crippen LogP contribution in [0.3, 0.4) is 0 Å². The molecule has 0 spiro atoms. The number of unbranched alkanes of at least 4 members (excludes halogenated alkanes) is 4. The van der Waals surface area contributed by atoms with Crippen LogP contribution in [0, 0.1) is 11.8 Å². The highest BCUT2D eigenvalue weighted by Crippen LogP contribution is 2.49. The third kappa shape index (κ3) is 36.9. The van der Waals surface area contributed by atoms with Crippen LogP contribution in [0.5, 0.6) is 5.75 Å². The SMILES string of the molecule is CCOc1ccc(COC(=O)[C@H](CSC(c2ccccc2)(c2ccccc2)c2ccccc2)NC(=O)[C@H](CC(=O)OC(C)(C)C)CC(=O)[C@H](CCC(=O)[C@H](Cc2ccccc2)NC(=O)[C@@H](CC(=O)CCCCCCCNC(=O)CC[C@H](NC(=O)N[C@H](C)CCC(=O)OC(C)(C)C)C(=O)OC(C)(C)C)Cc2ccccc2)NC(=O)OC(C)(C)C)cc1. The maximum Gasteiger partial charge on any atom is 0.408 e. The van der Waals surface area contributed by atoms with Crippen molar-refractivity contribution in [1.29, 1.82) is 0 Å². The van der Waals surface area contributed by atoms with Crippen LogP contribution >= 0.6 is 11.8 Å². The average molecular weight is 1670 g/mol. The average Bonchev–Trinajstić information content (AvgIpc) is 0.755. The lowest BCUT2D eigenvalue weighted by molar-refractivity contribution is -0.158. The van der Waals surface area contributed by atoms with E-state index in [1.54, 1.807) is 139 Å². The summed E-state index contributed by atoms with van der Waals surface area (Å²) in [5.41, 5.74) is 1.09. The molecule has 7 atom stereocenters. The van der Waals surface area contributed by atoms with Crippen molar-refractivity contribution in [3.8, 4) is 5.75 Å². The number of nitrogens with one attached hydrogen (secondary N) is 6. The minimum absolute atomic E-state index is 0.00998. The molecule has 0 saturated heterocycles. The Morgan fingerprint density at radius 2 is 0.892 bits per heavy atom. The molecule has 0 fully saturated rings. The number of thioether (sulfide) groups is 1. The molecule has 0 unspecified atom stereocenters. The number of carbonyl (C=O) groups excluding carboxylic acids is 12. The first kappa shape index (κ1) is 98.1. The van der Waals surface area contributed by atoms with E-state index in [4.69, 9.17) is 28.4 Å². The number of hydrogen-bond acceptors (Lipinski definition) is 19. The van der Waals surface area contributed by atoms with Gasteiger partial charge < -0.3 is 60.3 Å². The summed E-state index contributed by atoms with van der Waals surface area (Å²) in [5.74, 6) is -7.92. The number of benzene rings is 6. The Kier molecular flexibility index (Phi) is 39.7. The Labute approximate surface area is 712 Å². The molecule has 6 rings (SSSR count). The van der Waals surface area contributed by atoms with Crippen molar-refractivity contribution in [2.24, 2.45) is 11.8 Å². The molecule has 0 saturated carbocycles. The minimum atomic E-state index is -1.54. The van der Waals surface area contributed by atoms with E-state index in [0.717, 1.165) is 35.1 Å². The molecule has 6 N–H and O–H groups in total. The lowest BCUT2D eigenvalue weighted by atomic mass is 9.84. The van der Waals surface area contributed by atoms with Crippen molar-refractivity contribution in [3.05, 3.63) is 209 Å². The fourth-order valence-corrected chi connectivity index (χ4v) is 14.9. The van der Waals surface area contributed by atoms with Gasteiger partial charge in [-0.05, 0) is 187 Å². The van der Waals surface area contributed by atoms with Crippen molar-refractivity contribution in [3.63, 3.8) is 0 Å². The molecule has 0 radical (unpaired) electrons. The van der Waals surface area contributed by atoms with Gasteiger partial charge in [0.15, 0.2) is 11.6 Å². The van der Waals surface area contributed by atoms with Gasteiger partial charge >= 0.3 is 36.0 Å². The molecule has 0 heterocycles. The molecular formula is C95H126N6O18S. The highest BCUT2D eigenvalue weighted by molar-refractivity contribution is 8.00. The summed E-state index contributed by atoms with van der Waals surface area (Å²) in [4.78, 5) is 169. The van der Waals surface area contributed by atoms with E-state index in [1.165, 1.54) is 11.8 Å². The lowest BCUT2D eigenvalue weighted by Gasteiger charge is -2.36. The van der Waals surface area contributed by atoms with Gasteiger partial charge in [-0.25, -0.2) is 19.2 Å². The zero-order chi connectivity index (χ0) is 88.1. The molecule has 6 aromatic carbocycles.